The Hall–Kier alpha value is -2.05. The second-order valence-electron chi connectivity index (χ2n) is 4.46. The number of hydrogen-bond donors (Lipinski definition) is 1. The Morgan fingerprint density at radius 3 is 2.70 bits per heavy atom. The highest BCUT2D eigenvalue weighted by Crippen LogP contribution is 2.21. The first-order valence-electron chi connectivity index (χ1n) is 6.46. The highest BCUT2D eigenvalue weighted by molar-refractivity contribution is 5.87. The van der Waals surface area contributed by atoms with E-state index in [1.807, 2.05) is 6.92 Å². The standard InChI is InChI=1S/C13H20N2O5/c1-5-7-13(3,11(17)18-4)15-12-14-9(8-20-12)10(16)19-6-2/h8H,5-7H2,1-4H3,(H,14,15). The summed E-state index contributed by atoms with van der Waals surface area (Å²) in [6, 6.07) is 0.0782. The van der Waals surface area contributed by atoms with Gasteiger partial charge in [-0.3, -0.25) is 0 Å². The van der Waals surface area contributed by atoms with Crippen molar-refractivity contribution in [2.45, 2.75) is 39.2 Å². The lowest BCUT2D eigenvalue weighted by molar-refractivity contribution is -0.145. The number of rotatable bonds is 7. The summed E-state index contributed by atoms with van der Waals surface area (Å²) in [5, 5.41) is 2.86. The minimum absolute atomic E-state index is 0.0538. The maximum atomic E-state index is 11.8. The van der Waals surface area contributed by atoms with E-state index in [1.165, 1.54) is 13.4 Å². The first-order chi connectivity index (χ1) is 9.46. The van der Waals surface area contributed by atoms with Crippen molar-refractivity contribution in [1.82, 2.24) is 4.98 Å². The minimum atomic E-state index is -0.958. The number of oxazole rings is 1. The predicted octanol–water partition coefficient (Wildman–Crippen LogP) is 1.99. The maximum Gasteiger partial charge on any atom is 0.360 e. The number of carbonyl (C=O) groups is 2. The van der Waals surface area contributed by atoms with Gasteiger partial charge >= 0.3 is 11.9 Å². The number of esters is 2. The summed E-state index contributed by atoms with van der Waals surface area (Å²) in [6.45, 7) is 5.59. The van der Waals surface area contributed by atoms with Gasteiger partial charge in [-0.25, -0.2) is 9.59 Å². The largest absolute Gasteiger partial charge is 0.467 e. The topological polar surface area (TPSA) is 90.7 Å². The highest BCUT2D eigenvalue weighted by atomic mass is 16.5. The Morgan fingerprint density at radius 1 is 1.45 bits per heavy atom. The van der Waals surface area contributed by atoms with Crippen molar-refractivity contribution in [2.24, 2.45) is 0 Å². The molecule has 1 N–H and O–H groups in total. The van der Waals surface area contributed by atoms with Crippen molar-refractivity contribution in [3.63, 3.8) is 0 Å². The molecule has 112 valence electrons. The predicted molar refractivity (Wildman–Crippen MR) is 71.4 cm³/mol. The third kappa shape index (κ3) is 3.72. The number of nitrogens with one attached hydrogen (secondary N) is 1. The van der Waals surface area contributed by atoms with E-state index in [2.05, 4.69) is 10.3 Å². The molecule has 0 bridgehead atoms. The molecular weight excluding hydrogens is 264 g/mol. The van der Waals surface area contributed by atoms with Crippen LogP contribution in [0.5, 0.6) is 0 Å². The number of anilines is 1. The molecule has 1 atom stereocenters. The van der Waals surface area contributed by atoms with Crippen LogP contribution in [0.4, 0.5) is 6.01 Å². The van der Waals surface area contributed by atoms with Gasteiger partial charge in [0, 0.05) is 0 Å². The van der Waals surface area contributed by atoms with Crippen molar-refractivity contribution >= 4 is 18.0 Å². The van der Waals surface area contributed by atoms with E-state index in [0.29, 0.717) is 6.42 Å². The van der Waals surface area contributed by atoms with Crippen LogP contribution in [-0.4, -0.2) is 36.2 Å². The molecule has 20 heavy (non-hydrogen) atoms. The lowest BCUT2D eigenvalue weighted by Gasteiger charge is -2.26. The summed E-state index contributed by atoms with van der Waals surface area (Å²) in [6.07, 6.45) is 2.49. The third-order valence-corrected chi connectivity index (χ3v) is 2.76. The summed E-state index contributed by atoms with van der Waals surface area (Å²) in [4.78, 5) is 27.3. The molecule has 7 heteroatoms. The number of hydrogen-bond acceptors (Lipinski definition) is 7. The van der Waals surface area contributed by atoms with Gasteiger partial charge in [0.1, 0.15) is 11.8 Å². The zero-order valence-electron chi connectivity index (χ0n) is 12.2. The fourth-order valence-electron chi connectivity index (χ4n) is 1.81. The fraction of sp³-hybridized carbons (Fsp3) is 0.615. The van der Waals surface area contributed by atoms with Crippen LogP contribution >= 0.6 is 0 Å². The number of ether oxygens (including phenoxy) is 2. The van der Waals surface area contributed by atoms with Crippen LogP contribution < -0.4 is 5.32 Å². The average Bonchev–Trinajstić information content (AvgIpc) is 2.86. The summed E-state index contributed by atoms with van der Waals surface area (Å²) in [5.41, 5.74) is -0.904. The number of methoxy groups -OCH3 is 1. The molecule has 0 aliphatic rings. The zero-order valence-corrected chi connectivity index (χ0v) is 12.2. The van der Waals surface area contributed by atoms with Gasteiger partial charge in [-0.05, 0) is 20.3 Å². The van der Waals surface area contributed by atoms with Crippen molar-refractivity contribution in [3.05, 3.63) is 12.0 Å². The van der Waals surface area contributed by atoms with E-state index in [9.17, 15) is 9.59 Å². The molecule has 1 aromatic heterocycles. The van der Waals surface area contributed by atoms with Crippen molar-refractivity contribution in [3.8, 4) is 0 Å². The van der Waals surface area contributed by atoms with Gasteiger partial charge < -0.3 is 19.2 Å². The van der Waals surface area contributed by atoms with Crippen LogP contribution in [0.1, 0.15) is 44.1 Å². The lowest BCUT2D eigenvalue weighted by atomic mass is 9.96. The Kier molecular flexibility index (Phi) is 5.54. The van der Waals surface area contributed by atoms with Crippen LogP contribution in [0, 0.1) is 0 Å². The fourth-order valence-corrected chi connectivity index (χ4v) is 1.81. The Bertz CT molecular complexity index is 471. The van der Waals surface area contributed by atoms with E-state index >= 15 is 0 Å². The third-order valence-electron chi connectivity index (χ3n) is 2.76. The molecule has 0 amide bonds. The Balaban J connectivity index is 2.85. The molecule has 0 spiro atoms. The summed E-state index contributed by atoms with van der Waals surface area (Å²) >= 11 is 0. The molecular formula is C13H20N2O5. The van der Waals surface area contributed by atoms with Gasteiger partial charge in [-0.15, -0.1) is 0 Å². The summed E-state index contributed by atoms with van der Waals surface area (Å²) in [7, 11) is 1.32. The van der Waals surface area contributed by atoms with E-state index in [1.54, 1.807) is 13.8 Å². The van der Waals surface area contributed by atoms with Gasteiger partial charge in [0.15, 0.2) is 5.69 Å². The smallest absolute Gasteiger partial charge is 0.360 e. The first kappa shape index (κ1) is 16.0. The Labute approximate surface area is 117 Å². The van der Waals surface area contributed by atoms with Crippen LogP contribution in [-0.2, 0) is 14.3 Å². The van der Waals surface area contributed by atoms with Crippen LogP contribution in [0.25, 0.3) is 0 Å². The van der Waals surface area contributed by atoms with Gasteiger partial charge in [0.2, 0.25) is 0 Å². The molecule has 0 aliphatic heterocycles. The maximum absolute atomic E-state index is 11.8. The van der Waals surface area contributed by atoms with Crippen LogP contribution in [0.2, 0.25) is 0 Å². The molecule has 0 saturated heterocycles. The summed E-state index contributed by atoms with van der Waals surface area (Å²) < 4.78 is 14.7. The van der Waals surface area contributed by atoms with Crippen LogP contribution in [0.3, 0.4) is 0 Å². The van der Waals surface area contributed by atoms with Crippen molar-refractivity contribution in [2.75, 3.05) is 19.0 Å². The van der Waals surface area contributed by atoms with Gasteiger partial charge in [0.25, 0.3) is 6.01 Å². The molecule has 0 fully saturated rings. The monoisotopic (exact) mass is 284 g/mol. The SMILES string of the molecule is CCCC(C)(Nc1nc(C(=O)OCC)co1)C(=O)OC. The zero-order chi connectivity index (χ0) is 15.2. The highest BCUT2D eigenvalue weighted by Gasteiger charge is 2.35. The van der Waals surface area contributed by atoms with Gasteiger partial charge in [-0.2, -0.15) is 4.98 Å². The number of carbonyl (C=O) groups excluding carboxylic acids is 2. The molecule has 0 saturated carbocycles. The van der Waals surface area contributed by atoms with E-state index in [0.717, 1.165) is 6.42 Å². The first-order valence-corrected chi connectivity index (χ1v) is 6.46. The van der Waals surface area contributed by atoms with E-state index < -0.39 is 17.5 Å². The van der Waals surface area contributed by atoms with Crippen molar-refractivity contribution in [1.29, 1.82) is 0 Å². The normalized spacial score (nSPS) is 13.4. The second-order valence-corrected chi connectivity index (χ2v) is 4.46. The average molecular weight is 284 g/mol. The van der Waals surface area contributed by atoms with Gasteiger partial charge in [-0.1, -0.05) is 13.3 Å². The molecule has 0 radical (unpaired) electrons. The van der Waals surface area contributed by atoms with Crippen LogP contribution in [0.15, 0.2) is 10.7 Å². The molecule has 7 nitrogen and oxygen atoms in total. The lowest BCUT2D eigenvalue weighted by Crippen LogP contribution is -2.44. The van der Waals surface area contributed by atoms with E-state index in [-0.39, 0.29) is 18.3 Å². The van der Waals surface area contributed by atoms with E-state index in [4.69, 9.17) is 13.9 Å². The quantitative estimate of drug-likeness (QED) is 0.765. The molecule has 1 aromatic rings. The molecule has 0 aromatic carbocycles. The molecule has 1 heterocycles. The number of nitrogens with zero attached hydrogens (tertiary/aromatic N) is 1. The molecule has 1 rings (SSSR count). The number of aromatic nitrogens is 1. The van der Waals surface area contributed by atoms with Crippen molar-refractivity contribution < 1.29 is 23.5 Å². The second kappa shape index (κ2) is 6.93. The summed E-state index contributed by atoms with van der Waals surface area (Å²) in [5.74, 6) is -0.991. The molecule has 1 unspecified atom stereocenters. The Morgan fingerprint density at radius 2 is 2.15 bits per heavy atom. The minimum Gasteiger partial charge on any atom is -0.467 e. The molecule has 0 aliphatic carbocycles. The van der Waals surface area contributed by atoms with Gasteiger partial charge in [0.05, 0.1) is 13.7 Å².